The monoisotopic (exact) mass is 339 g/mol. The van der Waals surface area contributed by atoms with Crippen LogP contribution in [0.15, 0.2) is 18.3 Å². The van der Waals surface area contributed by atoms with E-state index in [-0.39, 0.29) is 17.6 Å². The molecule has 8 heteroatoms. The molecule has 23 heavy (non-hydrogen) atoms. The van der Waals surface area contributed by atoms with Crippen molar-refractivity contribution in [3.8, 4) is 0 Å². The fourth-order valence-electron chi connectivity index (χ4n) is 2.82. The van der Waals surface area contributed by atoms with Crippen LogP contribution in [0.3, 0.4) is 0 Å². The van der Waals surface area contributed by atoms with Crippen LogP contribution in [0, 0.1) is 0 Å². The zero-order valence-corrected chi connectivity index (χ0v) is 14.0. The van der Waals surface area contributed by atoms with Crippen molar-refractivity contribution in [1.82, 2.24) is 10.3 Å². The van der Waals surface area contributed by atoms with Crippen molar-refractivity contribution in [3.05, 3.63) is 24.0 Å². The number of pyridine rings is 1. The highest BCUT2D eigenvalue weighted by Gasteiger charge is 2.33. The standard InChI is InChI=1S/C15H21N3O4S/c1-10(19)17-11-7-8-13(16-9-11)15(20)18-12-5-3-4-6-14(12)23(2,21)22/h7-9,12,14H,3-6H2,1-2H3,(H,17,19)(H,18,20)/t12-,14-/m1/s1. The van der Waals surface area contributed by atoms with Crippen molar-refractivity contribution in [2.75, 3.05) is 11.6 Å². The van der Waals surface area contributed by atoms with Gasteiger partial charge in [0.25, 0.3) is 5.91 Å². The van der Waals surface area contributed by atoms with Gasteiger partial charge in [-0.1, -0.05) is 12.8 Å². The minimum atomic E-state index is -3.21. The number of anilines is 1. The highest BCUT2D eigenvalue weighted by Crippen LogP contribution is 2.24. The normalized spacial score (nSPS) is 21.5. The number of aromatic nitrogens is 1. The first kappa shape index (κ1) is 17.4. The molecule has 0 aromatic carbocycles. The van der Waals surface area contributed by atoms with Gasteiger partial charge in [-0.3, -0.25) is 9.59 Å². The minimum absolute atomic E-state index is 0.192. The van der Waals surface area contributed by atoms with Crippen LogP contribution in [0.2, 0.25) is 0 Å². The number of nitrogens with one attached hydrogen (secondary N) is 2. The summed E-state index contributed by atoms with van der Waals surface area (Å²) in [5, 5.41) is 4.81. The lowest BCUT2D eigenvalue weighted by Crippen LogP contribution is -2.48. The summed E-state index contributed by atoms with van der Waals surface area (Å²) >= 11 is 0. The first-order valence-electron chi connectivity index (χ1n) is 7.51. The van der Waals surface area contributed by atoms with Crippen molar-refractivity contribution in [1.29, 1.82) is 0 Å². The molecule has 1 aliphatic carbocycles. The van der Waals surface area contributed by atoms with Crippen LogP contribution in [0.4, 0.5) is 5.69 Å². The molecule has 0 saturated heterocycles. The zero-order chi connectivity index (χ0) is 17.0. The number of carbonyl (C=O) groups excluding carboxylic acids is 2. The molecule has 2 N–H and O–H groups in total. The number of sulfone groups is 1. The van der Waals surface area contributed by atoms with Crippen molar-refractivity contribution < 1.29 is 18.0 Å². The number of carbonyl (C=O) groups is 2. The van der Waals surface area contributed by atoms with E-state index in [1.165, 1.54) is 25.4 Å². The fraction of sp³-hybridized carbons (Fsp3) is 0.533. The third-order valence-electron chi connectivity index (χ3n) is 3.89. The molecule has 2 atom stereocenters. The van der Waals surface area contributed by atoms with Crippen LogP contribution >= 0.6 is 0 Å². The lowest BCUT2D eigenvalue weighted by molar-refractivity contribution is -0.114. The molecule has 0 spiro atoms. The second-order valence-corrected chi connectivity index (χ2v) is 8.11. The van der Waals surface area contributed by atoms with E-state index in [0.717, 1.165) is 12.8 Å². The highest BCUT2D eigenvalue weighted by molar-refractivity contribution is 7.91. The average Bonchev–Trinajstić information content (AvgIpc) is 2.46. The predicted octanol–water partition coefficient (Wildman–Crippen LogP) is 1.13. The van der Waals surface area contributed by atoms with Gasteiger partial charge in [-0.2, -0.15) is 0 Å². The first-order valence-corrected chi connectivity index (χ1v) is 9.46. The molecule has 0 radical (unpaired) electrons. The molecule has 126 valence electrons. The van der Waals surface area contributed by atoms with Crippen molar-refractivity contribution in [2.45, 2.75) is 43.9 Å². The maximum Gasteiger partial charge on any atom is 0.270 e. The summed E-state index contributed by atoms with van der Waals surface area (Å²) in [7, 11) is -3.21. The van der Waals surface area contributed by atoms with Gasteiger partial charge in [0.15, 0.2) is 9.84 Å². The third-order valence-corrected chi connectivity index (χ3v) is 5.55. The molecule has 1 aliphatic rings. The molecule has 2 amide bonds. The summed E-state index contributed by atoms with van der Waals surface area (Å²) in [6, 6.07) is 2.69. The summed E-state index contributed by atoms with van der Waals surface area (Å²) in [6.45, 7) is 1.38. The SMILES string of the molecule is CC(=O)Nc1ccc(C(=O)N[C@@H]2CCCC[C@H]2S(C)(=O)=O)nc1. The summed E-state index contributed by atoms with van der Waals surface area (Å²) in [4.78, 5) is 27.2. The van der Waals surface area contributed by atoms with E-state index >= 15 is 0 Å². The molecule has 0 aliphatic heterocycles. The maximum absolute atomic E-state index is 12.3. The smallest absolute Gasteiger partial charge is 0.270 e. The van der Waals surface area contributed by atoms with Crippen molar-refractivity contribution in [3.63, 3.8) is 0 Å². The summed E-state index contributed by atoms with van der Waals surface area (Å²) in [5.74, 6) is -0.623. The van der Waals surface area contributed by atoms with E-state index in [2.05, 4.69) is 15.6 Å². The zero-order valence-electron chi connectivity index (χ0n) is 13.2. The largest absolute Gasteiger partial charge is 0.347 e. The Labute approximate surface area is 135 Å². The Morgan fingerprint density at radius 3 is 2.48 bits per heavy atom. The highest BCUT2D eigenvalue weighted by atomic mass is 32.2. The van der Waals surface area contributed by atoms with Gasteiger partial charge < -0.3 is 10.6 Å². The summed E-state index contributed by atoms with van der Waals surface area (Å²) in [6.07, 6.45) is 5.57. The van der Waals surface area contributed by atoms with E-state index < -0.39 is 21.0 Å². The van der Waals surface area contributed by atoms with Crippen LogP contribution in [0.5, 0.6) is 0 Å². The average molecular weight is 339 g/mol. The lowest BCUT2D eigenvalue weighted by Gasteiger charge is -2.30. The van der Waals surface area contributed by atoms with E-state index in [0.29, 0.717) is 18.5 Å². The van der Waals surface area contributed by atoms with Crippen LogP contribution in [0.1, 0.15) is 43.1 Å². The molecule has 0 unspecified atom stereocenters. The van der Waals surface area contributed by atoms with Crippen LogP contribution in [0.25, 0.3) is 0 Å². The molecular formula is C15H21N3O4S. The number of nitrogens with zero attached hydrogens (tertiary/aromatic N) is 1. The first-order chi connectivity index (χ1) is 10.8. The van der Waals surface area contributed by atoms with Gasteiger partial charge in [-0.25, -0.2) is 13.4 Å². The van der Waals surface area contributed by atoms with Gasteiger partial charge in [-0.05, 0) is 25.0 Å². The topological polar surface area (TPSA) is 105 Å². The Kier molecular flexibility index (Phi) is 5.35. The van der Waals surface area contributed by atoms with E-state index in [9.17, 15) is 18.0 Å². The number of hydrogen-bond acceptors (Lipinski definition) is 5. The molecule has 1 fully saturated rings. The van der Waals surface area contributed by atoms with Gasteiger partial charge >= 0.3 is 0 Å². The second-order valence-electron chi connectivity index (χ2n) is 5.85. The van der Waals surface area contributed by atoms with Gasteiger partial charge in [-0.15, -0.1) is 0 Å². The number of hydrogen-bond donors (Lipinski definition) is 2. The maximum atomic E-state index is 12.3. The van der Waals surface area contributed by atoms with Gasteiger partial charge in [0.1, 0.15) is 5.69 Å². The minimum Gasteiger partial charge on any atom is -0.347 e. The van der Waals surface area contributed by atoms with Gasteiger partial charge in [0.2, 0.25) is 5.91 Å². The molecule has 2 rings (SSSR count). The Bertz CT molecular complexity index is 685. The van der Waals surface area contributed by atoms with Gasteiger partial charge in [0.05, 0.1) is 17.1 Å². The number of amides is 2. The quantitative estimate of drug-likeness (QED) is 0.855. The van der Waals surface area contributed by atoms with Crippen molar-refractivity contribution in [2.24, 2.45) is 0 Å². The summed E-state index contributed by atoms with van der Waals surface area (Å²) < 4.78 is 23.7. The van der Waals surface area contributed by atoms with Crippen LogP contribution in [-0.2, 0) is 14.6 Å². The van der Waals surface area contributed by atoms with Crippen LogP contribution in [-0.4, -0.2) is 42.8 Å². The molecule has 7 nitrogen and oxygen atoms in total. The molecule has 0 bridgehead atoms. The molecule has 1 aromatic heterocycles. The fourth-order valence-corrected chi connectivity index (χ4v) is 4.22. The van der Waals surface area contributed by atoms with E-state index in [1.807, 2.05) is 0 Å². The molecule has 1 saturated carbocycles. The summed E-state index contributed by atoms with van der Waals surface area (Å²) in [5.41, 5.74) is 0.692. The van der Waals surface area contributed by atoms with E-state index in [4.69, 9.17) is 0 Å². The molecule has 1 aromatic rings. The molecule has 1 heterocycles. The Morgan fingerprint density at radius 2 is 1.91 bits per heavy atom. The van der Waals surface area contributed by atoms with Crippen LogP contribution < -0.4 is 10.6 Å². The van der Waals surface area contributed by atoms with Gasteiger partial charge in [0, 0.05) is 19.2 Å². The Hall–Kier alpha value is -1.96. The van der Waals surface area contributed by atoms with E-state index in [1.54, 1.807) is 6.07 Å². The van der Waals surface area contributed by atoms with Crippen molar-refractivity contribution >= 4 is 27.3 Å². The lowest BCUT2D eigenvalue weighted by atomic mass is 9.94. The Morgan fingerprint density at radius 1 is 1.22 bits per heavy atom. The predicted molar refractivity (Wildman–Crippen MR) is 86.9 cm³/mol. The second kappa shape index (κ2) is 7.08. The number of rotatable bonds is 4. The third kappa shape index (κ3) is 4.75. The molecular weight excluding hydrogens is 318 g/mol. The Balaban J connectivity index is 2.06.